The zero-order chi connectivity index (χ0) is 20.8. The van der Waals surface area contributed by atoms with Gasteiger partial charge in [-0.2, -0.15) is 0 Å². The molecule has 1 aromatic carbocycles. The van der Waals surface area contributed by atoms with E-state index in [9.17, 15) is 9.90 Å². The lowest BCUT2D eigenvalue weighted by Crippen LogP contribution is -2.21. The van der Waals surface area contributed by atoms with Crippen molar-refractivity contribution in [1.29, 1.82) is 0 Å². The molecule has 0 bridgehead atoms. The summed E-state index contributed by atoms with van der Waals surface area (Å²) in [6.45, 7) is 2.12. The largest absolute Gasteiger partial charge is 0.392 e. The number of amides is 1. The van der Waals surface area contributed by atoms with Crippen molar-refractivity contribution in [3.8, 4) is 0 Å². The quantitative estimate of drug-likeness (QED) is 0.373. The van der Waals surface area contributed by atoms with Crippen LogP contribution in [-0.4, -0.2) is 36.1 Å². The molecule has 3 nitrogen and oxygen atoms in total. The molecule has 0 unspecified atom stereocenters. The predicted molar refractivity (Wildman–Crippen MR) is 120 cm³/mol. The van der Waals surface area contributed by atoms with Crippen molar-refractivity contribution in [2.75, 3.05) is 14.1 Å². The number of hydrogen-bond donors (Lipinski definition) is 1. The first-order valence-corrected chi connectivity index (χ1v) is 10.9. The molecule has 1 saturated carbocycles. The van der Waals surface area contributed by atoms with Gasteiger partial charge < -0.3 is 10.0 Å². The van der Waals surface area contributed by atoms with Crippen molar-refractivity contribution in [3.63, 3.8) is 0 Å². The minimum atomic E-state index is -0.235. The molecule has 2 aliphatic rings. The summed E-state index contributed by atoms with van der Waals surface area (Å²) >= 11 is 0. The summed E-state index contributed by atoms with van der Waals surface area (Å²) in [4.78, 5) is 13.4. The van der Waals surface area contributed by atoms with Crippen molar-refractivity contribution in [2.24, 2.45) is 17.8 Å². The maximum absolute atomic E-state index is 11.7. The molecule has 1 fully saturated rings. The topological polar surface area (TPSA) is 40.5 Å². The van der Waals surface area contributed by atoms with E-state index in [2.05, 4.69) is 55.5 Å². The minimum absolute atomic E-state index is 0.217. The number of allylic oxidation sites excluding steroid dienone is 4. The summed E-state index contributed by atoms with van der Waals surface area (Å²) in [5.41, 5.74) is 3.94. The smallest absolute Gasteiger partial charge is 0.222 e. The zero-order valence-corrected chi connectivity index (χ0v) is 18.1. The highest BCUT2D eigenvalue weighted by molar-refractivity contribution is 5.75. The first-order chi connectivity index (χ1) is 13.9. The molecule has 0 aliphatic heterocycles. The third-order valence-corrected chi connectivity index (χ3v) is 6.36. The van der Waals surface area contributed by atoms with E-state index in [4.69, 9.17) is 0 Å². The third-order valence-electron chi connectivity index (χ3n) is 6.36. The molecule has 0 spiro atoms. The van der Waals surface area contributed by atoms with Gasteiger partial charge in [0, 0.05) is 26.4 Å². The monoisotopic (exact) mass is 393 g/mol. The van der Waals surface area contributed by atoms with E-state index in [1.807, 2.05) is 20.2 Å². The van der Waals surface area contributed by atoms with Gasteiger partial charge in [0.2, 0.25) is 5.91 Å². The third kappa shape index (κ3) is 5.93. The zero-order valence-electron chi connectivity index (χ0n) is 18.1. The van der Waals surface area contributed by atoms with Crippen LogP contribution < -0.4 is 0 Å². The van der Waals surface area contributed by atoms with Gasteiger partial charge in [-0.25, -0.2) is 0 Å². The lowest BCUT2D eigenvalue weighted by atomic mass is 9.88. The number of benzene rings is 1. The van der Waals surface area contributed by atoms with Crippen LogP contribution in [0.2, 0.25) is 0 Å². The lowest BCUT2D eigenvalue weighted by molar-refractivity contribution is -0.128. The molecular formula is C26H35NO2. The number of carbonyl (C=O) groups is 1. The maximum Gasteiger partial charge on any atom is 0.222 e. The Balaban J connectivity index is 1.51. The maximum atomic E-state index is 11.7. The molecule has 0 heterocycles. The molecule has 1 N–H and O–H groups in total. The highest BCUT2D eigenvalue weighted by Crippen LogP contribution is 2.48. The van der Waals surface area contributed by atoms with Crippen LogP contribution in [0.4, 0.5) is 0 Å². The van der Waals surface area contributed by atoms with Gasteiger partial charge >= 0.3 is 0 Å². The van der Waals surface area contributed by atoms with Crippen LogP contribution in [-0.2, 0) is 4.79 Å². The van der Waals surface area contributed by atoms with Crippen LogP contribution in [0.25, 0.3) is 6.08 Å². The first-order valence-electron chi connectivity index (χ1n) is 10.9. The number of nitrogens with zero attached hydrogens (tertiary/aromatic N) is 1. The van der Waals surface area contributed by atoms with E-state index >= 15 is 0 Å². The molecule has 3 heteroatoms. The van der Waals surface area contributed by atoms with Gasteiger partial charge in [0.05, 0.1) is 6.10 Å². The van der Waals surface area contributed by atoms with E-state index in [0.29, 0.717) is 18.3 Å². The molecular weight excluding hydrogens is 358 g/mol. The molecule has 0 saturated heterocycles. The van der Waals surface area contributed by atoms with E-state index in [1.165, 1.54) is 16.7 Å². The van der Waals surface area contributed by atoms with Crippen LogP contribution >= 0.6 is 0 Å². The number of aliphatic hydroxyl groups excluding tert-OH is 1. The second kappa shape index (κ2) is 10.1. The summed E-state index contributed by atoms with van der Waals surface area (Å²) in [7, 11) is 3.64. The van der Waals surface area contributed by atoms with Crippen LogP contribution in [0.1, 0.15) is 51.0 Å². The van der Waals surface area contributed by atoms with Crippen molar-refractivity contribution < 1.29 is 9.90 Å². The fourth-order valence-corrected chi connectivity index (χ4v) is 4.77. The van der Waals surface area contributed by atoms with Gasteiger partial charge in [-0.1, -0.05) is 65.8 Å². The highest BCUT2D eigenvalue weighted by Gasteiger charge is 2.43. The summed E-state index contributed by atoms with van der Waals surface area (Å²) in [5, 5.41) is 10.6. The van der Waals surface area contributed by atoms with Crippen molar-refractivity contribution >= 4 is 12.0 Å². The Kier molecular flexibility index (Phi) is 7.49. The summed E-state index contributed by atoms with van der Waals surface area (Å²) in [6, 6.07) is 10.4. The van der Waals surface area contributed by atoms with Crippen molar-refractivity contribution in [3.05, 3.63) is 65.3 Å². The number of unbranched alkanes of at least 4 members (excludes halogenated alkanes) is 1. The van der Waals surface area contributed by atoms with Crippen LogP contribution in [0, 0.1) is 17.8 Å². The molecule has 2 aliphatic carbocycles. The molecule has 4 atom stereocenters. The van der Waals surface area contributed by atoms with Gasteiger partial charge in [0.25, 0.3) is 0 Å². The SMILES string of the molecule is CC(/C=C/[C@@H]1[C@H]2CC(CCCCC(=O)N(C)C)=C[C@H]2C[C@H]1O)=C\c1ccccc1. The normalized spacial score (nSPS) is 26.6. The molecule has 156 valence electrons. The minimum Gasteiger partial charge on any atom is -0.392 e. The fraction of sp³-hybridized carbons (Fsp3) is 0.500. The van der Waals surface area contributed by atoms with Crippen LogP contribution in [0.3, 0.4) is 0 Å². The molecule has 0 radical (unpaired) electrons. The van der Waals surface area contributed by atoms with Crippen LogP contribution in [0.15, 0.2) is 59.7 Å². The number of hydrogen-bond acceptors (Lipinski definition) is 2. The summed E-state index contributed by atoms with van der Waals surface area (Å²) < 4.78 is 0. The van der Waals surface area contributed by atoms with Gasteiger partial charge in [-0.05, 0) is 56.4 Å². The Morgan fingerprint density at radius 1 is 1.21 bits per heavy atom. The fourth-order valence-electron chi connectivity index (χ4n) is 4.77. The van der Waals surface area contributed by atoms with E-state index in [-0.39, 0.29) is 17.9 Å². The second-order valence-electron chi connectivity index (χ2n) is 8.89. The van der Waals surface area contributed by atoms with Crippen molar-refractivity contribution in [2.45, 2.75) is 51.6 Å². The number of carbonyl (C=O) groups excluding carboxylic acids is 1. The number of fused-ring (bicyclic) bond motifs is 1. The summed E-state index contributed by atoms with van der Waals surface area (Å²) in [5.74, 6) is 1.50. The average Bonchev–Trinajstić information content (AvgIpc) is 3.20. The Hall–Kier alpha value is -2.13. The molecule has 1 amide bonds. The van der Waals surface area contributed by atoms with Gasteiger partial charge in [0.15, 0.2) is 0 Å². The second-order valence-corrected chi connectivity index (χ2v) is 8.89. The first kappa shape index (κ1) is 21.6. The Morgan fingerprint density at radius 3 is 2.69 bits per heavy atom. The van der Waals surface area contributed by atoms with E-state index in [1.54, 1.807) is 4.90 Å². The molecule has 29 heavy (non-hydrogen) atoms. The molecule has 0 aromatic heterocycles. The molecule has 1 aromatic rings. The van der Waals surface area contributed by atoms with E-state index in [0.717, 1.165) is 32.1 Å². The Bertz CT molecular complexity index is 775. The van der Waals surface area contributed by atoms with Crippen molar-refractivity contribution in [1.82, 2.24) is 4.90 Å². The number of aliphatic hydroxyl groups is 1. The Morgan fingerprint density at radius 2 is 1.97 bits per heavy atom. The Labute approximate surface area is 175 Å². The van der Waals surface area contributed by atoms with Gasteiger partial charge in [0.1, 0.15) is 0 Å². The van der Waals surface area contributed by atoms with Gasteiger partial charge in [-0.15, -0.1) is 0 Å². The summed E-state index contributed by atoms with van der Waals surface area (Å²) in [6.07, 6.45) is 14.5. The predicted octanol–water partition coefficient (Wildman–Crippen LogP) is 5.24. The highest BCUT2D eigenvalue weighted by atomic mass is 16.3. The molecule has 3 rings (SSSR count). The average molecular weight is 394 g/mol. The standard InChI is InChI=1S/C26H35NO2/c1-19(15-20-9-5-4-6-10-20)13-14-23-24-17-21(16-22(24)18-25(23)28)11-7-8-12-26(29)27(2)3/h4-6,9-10,13-16,22-25,28H,7-8,11-12,17-18H2,1-3H3/b14-13+,19-15+/t22-,23+,24-,25+/m0/s1. The van der Waals surface area contributed by atoms with Gasteiger partial charge in [-0.3, -0.25) is 4.79 Å². The van der Waals surface area contributed by atoms with Crippen LogP contribution in [0.5, 0.6) is 0 Å². The number of rotatable bonds is 8. The lowest BCUT2D eigenvalue weighted by Gasteiger charge is -2.18. The van der Waals surface area contributed by atoms with E-state index < -0.39 is 0 Å².